The van der Waals surface area contributed by atoms with Crippen molar-refractivity contribution >= 4 is 6.21 Å². The molecule has 0 fully saturated rings. The summed E-state index contributed by atoms with van der Waals surface area (Å²) in [5.74, 6) is 0. The van der Waals surface area contributed by atoms with Gasteiger partial charge in [0, 0.05) is 0 Å². The van der Waals surface area contributed by atoms with Crippen LogP contribution in [0.5, 0.6) is 0 Å². The molecule has 1 N–H and O–H groups in total. The zero-order chi connectivity index (χ0) is 7.40. The molecule has 0 radical (unpaired) electrons. The van der Waals surface area contributed by atoms with E-state index in [1.165, 1.54) is 6.21 Å². The van der Waals surface area contributed by atoms with Gasteiger partial charge in [0.05, 0.1) is 11.9 Å². The molecule has 52 valence electrons. The molecule has 10 heavy (non-hydrogen) atoms. The van der Waals surface area contributed by atoms with Crippen molar-refractivity contribution in [2.75, 3.05) is 0 Å². The quantitative estimate of drug-likeness (QED) is 0.350. The van der Waals surface area contributed by atoms with Gasteiger partial charge in [-0.05, 0) is 19.1 Å². The lowest BCUT2D eigenvalue weighted by atomic mass is 10.4. The van der Waals surface area contributed by atoms with Gasteiger partial charge < -0.3 is 5.21 Å². The molecular weight excluding hydrogens is 130 g/mol. The Morgan fingerprint density at radius 1 is 1.50 bits per heavy atom. The molecule has 1 aromatic rings. The normalized spacial score (nSPS) is 10.5. The number of aryl methyl sites for hydroxylation is 1. The smallest absolute Gasteiger partial charge is 0.107 e. The second-order valence-corrected chi connectivity index (χ2v) is 1.84. The van der Waals surface area contributed by atoms with Crippen LogP contribution < -0.4 is 0 Å². The van der Waals surface area contributed by atoms with E-state index in [4.69, 9.17) is 5.21 Å². The summed E-state index contributed by atoms with van der Waals surface area (Å²) in [7, 11) is 0. The van der Waals surface area contributed by atoms with Gasteiger partial charge in [-0.2, -0.15) is 5.10 Å². The number of rotatable bonds is 1. The Balaban J connectivity index is 2.89. The number of oxime groups is 1. The first-order valence-electron chi connectivity index (χ1n) is 2.80. The second-order valence-electron chi connectivity index (χ2n) is 1.84. The molecule has 0 aliphatic heterocycles. The molecule has 0 unspecified atom stereocenters. The minimum absolute atomic E-state index is 0.549. The summed E-state index contributed by atoms with van der Waals surface area (Å²) in [5, 5.41) is 18.4. The number of hydrogen-bond acceptors (Lipinski definition) is 4. The number of hydrogen-bond donors (Lipinski definition) is 1. The Morgan fingerprint density at radius 3 is 2.80 bits per heavy atom. The van der Waals surface area contributed by atoms with E-state index in [1.54, 1.807) is 12.1 Å². The van der Waals surface area contributed by atoms with Crippen molar-refractivity contribution in [3.05, 3.63) is 23.5 Å². The van der Waals surface area contributed by atoms with Gasteiger partial charge in [0.25, 0.3) is 0 Å². The molecule has 0 bridgehead atoms. The molecule has 0 saturated heterocycles. The van der Waals surface area contributed by atoms with Crippen molar-refractivity contribution in [2.45, 2.75) is 6.92 Å². The molecule has 4 heteroatoms. The molecule has 0 saturated carbocycles. The molecule has 0 aliphatic rings. The van der Waals surface area contributed by atoms with Crippen LogP contribution in [0.25, 0.3) is 0 Å². The van der Waals surface area contributed by atoms with Crippen LogP contribution in [0.15, 0.2) is 17.3 Å². The Morgan fingerprint density at radius 2 is 2.30 bits per heavy atom. The van der Waals surface area contributed by atoms with Gasteiger partial charge in [0.15, 0.2) is 0 Å². The number of aromatic nitrogens is 2. The lowest BCUT2D eigenvalue weighted by molar-refractivity contribution is 0.321. The maximum atomic E-state index is 8.09. The molecule has 0 atom stereocenters. The highest BCUT2D eigenvalue weighted by Gasteiger charge is 1.88. The van der Waals surface area contributed by atoms with Crippen molar-refractivity contribution in [1.29, 1.82) is 0 Å². The van der Waals surface area contributed by atoms with Crippen molar-refractivity contribution in [1.82, 2.24) is 10.2 Å². The lowest BCUT2D eigenvalue weighted by Gasteiger charge is -1.88. The van der Waals surface area contributed by atoms with E-state index in [9.17, 15) is 0 Å². The van der Waals surface area contributed by atoms with E-state index < -0.39 is 0 Å². The molecule has 1 rings (SSSR count). The topological polar surface area (TPSA) is 58.4 Å². The first-order chi connectivity index (χ1) is 4.83. The second kappa shape index (κ2) is 2.91. The third-order valence-electron chi connectivity index (χ3n) is 1.01. The Bertz CT molecular complexity index is 229. The molecule has 0 aliphatic carbocycles. The zero-order valence-corrected chi connectivity index (χ0v) is 5.52. The van der Waals surface area contributed by atoms with E-state index in [-0.39, 0.29) is 0 Å². The highest BCUT2D eigenvalue weighted by atomic mass is 16.4. The van der Waals surface area contributed by atoms with E-state index in [1.807, 2.05) is 6.92 Å². The van der Waals surface area contributed by atoms with E-state index >= 15 is 0 Å². The van der Waals surface area contributed by atoms with Gasteiger partial charge >= 0.3 is 0 Å². The first-order valence-corrected chi connectivity index (χ1v) is 2.80. The minimum Gasteiger partial charge on any atom is -0.411 e. The standard InChI is InChI=1S/C6H7N3O/c1-5-2-3-6(4-7-10)9-8-5/h2-4,10H,1H3. The molecule has 1 heterocycles. The summed E-state index contributed by atoms with van der Waals surface area (Å²) in [6.07, 6.45) is 1.23. The van der Waals surface area contributed by atoms with Crippen molar-refractivity contribution in [3.63, 3.8) is 0 Å². The molecule has 0 aromatic carbocycles. The molecular formula is C6H7N3O. The van der Waals surface area contributed by atoms with E-state index in [0.29, 0.717) is 5.69 Å². The average Bonchev–Trinajstić information content (AvgIpc) is 1.95. The van der Waals surface area contributed by atoms with Crippen molar-refractivity contribution in [3.8, 4) is 0 Å². The van der Waals surface area contributed by atoms with Crippen LogP contribution in [0.1, 0.15) is 11.4 Å². The van der Waals surface area contributed by atoms with Crippen molar-refractivity contribution in [2.24, 2.45) is 5.16 Å². The Kier molecular flexibility index (Phi) is 1.94. The molecule has 0 spiro atoms. The predicted molar refractivity (Wildman–Crippen MR) is 36.1 cm³/mol. The molecule has 4 nitrogen and oxygen atoms in total. The maximum Gasteiger partial charge on any atom is 0.107 e. The summed E-state index contributed by atoms with van der Waals surface area (Å²) in [6, 6.07) is 3.52. The molecule has 0 amide bonds. The van der Waals surface area contributed by atoms with Crippen LogP contribution in [0, 0.1) is 6.92 Å². The fourth-order valence-electron chi connectivity index (χ4n) is 0.537. The lowest BCUT2D eigenvalue weighted by Crippen LogP contribution is -1.91. The Hall–Kier alpha value is -1.45. The van der Waals surface area contributed by atoms with Crippen LogP contribution in [0.3, 0.4) is 0 Å². The van der Waals surface area contributed by atoms with Gasteiger partial charge in [-0.15, -0.1) is 5.10 Å². The third kappa shape index (κ3) is 1.51. The van der Waals surface area contributed by atoms with Gasteiger partial charge in [0.1, 0.15) is 5.69 Å². The average molecular weight is 137 g/mol. The Labute approximate surface area is 58.2 Å². The minimum atomic E-state index is 0.549. The van der Waals surface area contributed by atoms with Crippen LogP contribution in [-0.2, 0) is 0 Å². The monoisotopic (exact) mass is 137 g/mol. The predicted octanol–water partition coefficient (Wildman–Crippen LogP) is 0.593. The van der Waals surface area contributed by atoms with Gasteiger partial charge in [-0.1, -0.05) is 5.16 Å². The van der Waals surface area contributed by atoms with Gasteiger partial charge in [-0.3, -0.25) is 0 Å². The highest BCUT2D eigenvalue weighted by Crippen LogP contribution is 1.90. The summed E-state index contributed by atoms with van der Waals surface area (Å²) in [6.45, 7) is 1.84. The van der Waals surface area contributed by atoms with Crippen LogP contribution in [-0.4, -0.2) is 21.6 Å². The highest BCUT2D eigenvalue weighted by molar-refractivity contribution is 5.75. The van der Waals surface area contributed by atoms with Crippen LogP contribution in [0.4, 0.5) is 0 Å². The van der Waals surface area contributed by atoms with Gasteiger partial charge in [0.2, 0.25) is 0 Å². The van der Waals surface area contributed by atoms with E-state index in [0.717, 1.165) is 5.69 Å². The van der Waals surface area contributed by atoms with E-state index in [2.05, 4.69) is 15.4 Å². The largest absolute Gasteiger partial charge is 0.411 e. The third-order valence-corrected chi connectivity index (χ3v) is 1.01. The fourth-order valence-corrected chi connectivity index (χ4v) is 0.537. The SMILES string of the molecule is Cc1ccc(C=NO)nn1. The summed E-state index contributed by atoms with van der Waals surface area (Å²) in [4.78, 5) is 0. The first kappa shape index (κ1) is 6.67. The molecule has 1 aromatic heterocycles. The summed E-state index contributed by atoms with van der Waals surface area (Å²) < 4.78 is 0. The summed E-state index contributed by atoms with van der Waals surface area (Å²) in [5.41, 5.74) is 1.39. The zero-order valence-electron chi connectivity index (χ0n) is 5.52. The van der Waals surface area contributed by atoms with Crippen LogP contribution >= 0.6 is 0 Å². The summed E-state index contributed by atoms with van der Waals surface area (Å²) >= 11 is 0. The number of nitrogens with zero attached hydrogens (tertiary/aromatic N) is 3. The maximum absolute atomic E-state index is 8.09. The fraction of sp³-hybridized carbons (Fsp3) is 0.167. The van der Waals surface area contributed by atoms with Crippen LogP contribution in [0.2, 0.25) is 0 Å². The van der Waals surface area contributed by atoms with Gasteiger partial charge in [-0.25, -0.2) is 0 Å². The van der Waals surface area contributed by atoms with Crippen molar-refractivity contribution < 1.29 is 5.21 Å².